The summed E-state index contributed by atoms with van der Waals surface area (Å²) in [5.74, 6) is -0.133. The number of ketones is 1. The van der Waals surface area contributed by atoms with Gasteiger partial charge in [-0.3, -0.25) is 4.79 Å². The molecule has 0 saturated carbocycles. The fourth-order valence-corrected chi connectivity index (χ4v) is 2.28. The summed E-state index contributed by atoms with van der Waals surface area (Å²) in [6.07, 6.45) is 1.73. The van der Waals surface area contributed by atoms with Crippen LogP contribution in [-0.2, 0) is 4.79 Å². The van der Waals surface area contributed by atoms with E-state index in [0.29, 0.717) is 27.7 Å². The average Bonchev–Trinajstić information content (AvgIpc) is 2.35. The zero-order valence-corrected chi connectivity index (χ0v) is 12.5. The van der Waals surface area contributed by atoms with Crippen molar-refractivity contribution in [3.63, 3.8) is 0 Å². The highest BCUT2D eigenvalue weighted by Crippen LogP contribution is 2.29. The van der Waals surface area contributed by atoms with E-state index in [2.05, 4.69) is 4.99 Å². The molecule has 0 amide bonds. The van der Waals surface area contributed by atoms with E-state index in [1.165, 1.54) is 6.08 Å². The first kappa shape index (κ1) is 14.5. The van der Waals surface area contributed by atoms with Gasteiger partial charge in [0.1, 0.15) is 0 Å². The molecular weight excluding hydrogens is 274 g/mol. The van der Waals surface area contributed by atoms with Crippen molar-refractivity contribution >= 4 is 40.2 Å². The summed E-state index contributed by atoms with van der Waals surface area (Å²) < 4.78 is 0. The number of allylic oxidation sites excluding steroid dienone is 2. The molecule has 2 rings (SSSR count). The van der Waals surface area contributed by atoms with Crippen molar-refractivity contribution in [2.24, 2.45) is 4.99 Å². The summed E-state index contributed by atoms with van der Waals surface area (Å²) in [6.45, 7) is 1.76. The Morgan fingerprint density at radius 2 is 2.05 bits per heavy atom. The number of aliphatic imine (C=N–C) groups is 1. The van der Waals surface area contributed by atoms with Crippen LogP contribution < -0.4 is 4.90 Å². The maximum atomic E-state index is 11.9. The molecule has 0 fully saturated rings. The molecule has 104 valence electrons. The van der Waals surface area contributed by atoms with Crippen LogP contribution in [0.2, 0.25) is 5.02 Å². The van der Waals surface area contributed by atoms with Crippen LogP contribution in [0, 0.1) is 5.41 Å². The molecule has 0 aromatic heterocycles. The smallest absolute Gasteiger partial charge is 0.200 e. The minimum atomic E-state index is -0.133. The summed E-state index contributed by atoms with van der Waals surface area (Å²) in [5, 5.41) is 8.36. The number of hydrogen-bond donors (Lipinski definition) is 1. The third-order valence-corrected chi connectivity index (χ3v) is 3.43. The Morgan fingerprint density at radius 3 is 2.65 bits per heavy atom. The lowest BCUT2D eigenvalue weighted by Gasteiger charge is -2.15. The van der Waals surface area contributed by atoms with Crippen molar-refractivity contribution in [3.05, 3.63) is 34.9 Å². The second-order valence-corrected chi connectivity index (χ2v) is 5.34. The molecule has 0 saturated heterocycles. The Hall–Kier alpha value is -1.94. The number of rotatable bonds is 2. The lowest BCUT2D eigenvalue weighted by atomic mass is 9.96. The number of hydrogen-bond acceptors (Lipinski definition) is 4. The zero-order valence-electron chi connectivity index (χ0n) is 11.7. The third-order valence-electron chi connectivity index (χ3n) is 3.13. The molecule has 0 atom stereocenters. The van der Waals surface area contributed by atoms with Gasteiger partial charge in [0.15, 0.2) is 0 Å². The molecule has 1 aromatic carbocycles. The van der Waals surface area contributed by atoms with Gasteiger partial charge in [0.25, 0.3) is 0 Å². The van der Waals surface area contributed by atoms with Gasteiger partial charge in [-0.05, 0) is 36.8 Å². The first-order valence-corrected chi connectivity index (χ1v) is 6.61. The number of halogens is 1. The van der Waals surface area contributed by atoms with E-state index in [-0.39, 0.29) is 12.2 Å². The molecular formula is C15H16ClN3O. The van der Waals surface area contributed by atoms with Crippen LogP contribution in [0.3, 0.4) is 0 Å². The van der Waals surface area contributed by atoms with Crippen LogP contribution in [0.5, 0.6) is 0 Å². The molecule has 0 radical (unpaired) electrons. The van der Waals surface area contributed by atoms with Gasteiger partial charge in [0.05, 0.1) is 22.1 Å². The Labute approximate surface area is 123 Å². The largest absolute Gasteiger partial charge is 0.376 e. The van der Waals surface area contributed by atoms with Gasteiger partial charge in [0.2, 0.25) is 5.78 Å². The van der Waals surface area contributed by atoms with Crippen LogP contribution in [-0.4, -0.2) is 31.3 Å². The molecule has 1 aliphatic carbocycles. The molecule has 0 aliphatic heterocycles. The van der Waals surface area contributed by atoms with Crippen molar-refractivity contribution in [3.8, 4) is 0 Å². The SMILES string of the molecule is CC1=CC(=O)C(=Nc2ccc(N(C)C)c(Cl)c2)CC1=N. The molecule has 0 unspecified atom stereocenters. The standard InChI is InChI=1S/C15H16ClN3O/c1-9-6-15(20)13(8-12(9)17)18-10-4-5-14(19(2)3)11(16)7-10/h4-7,17H,8H2,1-3H3. The van der Waals surface area contributed by atoms with Gasteiger partial charge in [-0.2, -0.15) is 0 Å². The second-order valence-electron chi connectivity index (χ2n) is 4.94. The fourth-order valence-electron chi connectivity index (χ4n) is 1.94. The lowest BCUT2D eigenvalue weighted by Crippen LogP contribution is -2.22. The van der Waals surface area contributed by atoms with E-state index in [1.54, 1.807) is 13.0 Å². The number of carbonyl (C=O) groups is 1. The van der Waals surface area contributed by atoms with E-state index < -0.39 is 0 Å². The van der Waals surface area contributed by atoms with Gasteiger partial charge >= 0.3 is 0 Å². The molecule has 5 heteroatoms. The summed E-state index contributed by atoms with van der Waals surface area (Å²) in [6, 6.07) is 5.41. The predicted molar refractivity (Wildman–Crippen MR) is 84.0 cm³/mol. The van der Waals surface area contributed by atoms with Crippen LogP contribution in [0.1, 0.15) is 13.3 Å². The van der Waals surface area contributed by atoms with Gasteiger partial charge in [-0.25, -0.2) is 4.99 Å². The Balaban J connectivity index is 2.34. The minimum absolute atomic E-state index is 0.133. The second kappa shape index (κ2) is 5.59. The normalized spacial score (nSPS) is 17.4. The van der Waals surface area contributed by atoms with Crippen LogP contribution >= 0.6 is 11.6 Å². The Morgan fingerprint density at radius 1 is 1.35 bits per heavy atom. The van der Waals surface area contributed by atoms with Gasteiger partial charge < -0.3 is 10.3 Å². The van der Waals surface area contributed by atoms with Crippen molar-refractivity contribution in [1.82, 2.24) is 0 Å². The molecule has 1 aliphatic rings. The van der Waals surface area contributed by atoms with Crippen LogP contribution in [0.15, 0.2) is 34.8 Å². The zero-order chi connectivity index (χ0) is 14.9. The number of carbonyl (C=O) groups excluding carboxylic acids is 1. The van der Waals surface area contributed by atoms with E-state index in [0.717, 1.165) is 5.69 Å². The molecule has 0 heterocycles. The molecule has 0 bridgehead atoms. The van der Waals surface area contributed by atoms with Gasteiger partial charge in [-0.1, -0.05) is 11.6 Å². The topological polar surface area (TPSA) is 56.5 Å². The molecule has 0 spiro atoms. The summed E-state index contributed by atoms with van der Waals surface area (Å²) in [5.41, 5.74) is 3.04. The van der Waals surface area contributed by atoms with Crippen LogP contribution in [0.25, 0.3) is 0 Å². The molecule has 1 N–H and O–H groups in total. The van der Waals surface area contributed by atoms with Crippen molar-refractivity contribution in [1.29, 1.82) is 5.41 Å². The van der Waals surface area contributed by atoms with Crippen molar-refractivity contribution in [2.75, 3.05) is 19.0 Å². The summed E-state index contributed by atoms with van der Waals surface area (Å²) in [4.78, 5) is 18.1. The van der Waals surface area contributed by atoms with Crippen LogP contribution in [0.4, 0.5) is 11.4 Å². The molecule has 20 heavy (non-hydrogen) atoms. The van der Waals surface area contributed by atoms with Crippen molar-refractivity contribution < 1.29 is 4.79 Å². The highest BCUT2D eigenvalue weighted by Gasteiger charge is 2.19. The van der Waals surface area contributed by atoms with E-state index >= 15 is 0 Å². The number of nitrogens with one attached hydrogen (secondary N) is 1. The monoisotopic (exact) mass is 289 g/mol. The minimum Gasteiger partial charge on any atom is -0.376 e. The maximum absolute atomic E-state index is 11.9. The predicted octanol–water partition coefficient (Wildman–Crippen LogP) is 3.42. The fraction of sp³-hybridized carbons (Fsp3) is 0.267. The lowest BCUT2D eigenvalue weighted by molar-refractivity contribution is -0.109. The molecule has 4 nitrogen and oxygen atoms in total. The first-order valence-electron chi connectivity index (χ1n) is 6.23. The van der Waals surface area contributed by atoms with E-state index in [1.807, 2.05) is 31.1 Å². The highest BCUT2D eigenvalue weighted by molar-refractivity contribution is 6.50. The quantitative estimate of drug-likeness (QED) is 0.907. The highest BCUT2D eigenvalue weighted by atomic mass is 35.5. The van der Waals surface area contributed by atoms with E-state index in [4.69, 9.17) is 17.0 Å². The van der Waals surface area contributed by atoms with Gasteiger partial charge in [0, 0.05) is 26.2 Å². The van der Waals surface area contributed by atoms with Gasteiger partial charge in [-0.15, -0.1) is 0 Å². The first-order chi connectivity index (χ1) is 9.38. The molecule has 1 aromatic rings. The maximum Gasteiger partial charge on any atom is 0.200 e. The Kier molecular flexibility index (Phi) is 4.04. The number of anilines is 1. The summed E-state index contributed by atoms with van der Waals surface area (Å²) in [7, 11) is 3.82. The number of benzene rings is 1. The Bertz CT molecular complexity index is 645. The number of nitrogens with zero attached hydrogens (tertiary/aromatic N) is 2. The average molecular weight is 290 g/mol. The summed E-state index contributed by atoms with van der Waals surface area (Å²) >= 11 is 6.18. The van der Waals surface area contributed by atoms with E-state index in [9.17, 15) is 4.79 Å². The van der Waals surface area contributed by atoms with Crippen molar-refractivity contribution in [2.45, 2.75) is 13.3 Å². The third kappa shape index (κ3) is 2.96.